The summed E-state index contributed by atoms with van der Waals surface area (Å²) in [6.45, 7) is 14.3. The zero-order valence-electron chi connectivity index (χ0n) is 12.4. The van der Waals surface area contributed by atoms with E-state index in [1.807, 2.05) is 0 Å². The maximum absolute atomic E-state index is 3.64. The second kappa shape index (κ2) is 7.38. The number of hydrogen-bond donors (Lipinski definition) is 1. The number of rotatable bonds is 6. The van der Waals surface area contributed by atoms with Crippen LogP contribution in [0.4, 0.5) is 0 Å². The molecule has 1 N–H and O–H groups in total. The third kappa shape index (κ3) is 5.87. The first kappa shape index (κ1) is 15.0. The van der Waals surface area contributed by atoms with Gasteiger partial charge in [-0.3, -0.25) is 0 Å². The molecule has 17 heavy (non-hydrogen) atoms. The van der Waals surface area contributed by atoms with E-state index in [-0.39, 0.29) is 0 Å². The van der Waals surface area contributed by atoms with Crippen molar-refractivity contribution in [2.75, 3.05) is 26.2 Å². The van der Waals surface area contributed by atoms with Gasteiger partial charge in [0.05, 0.1) is 0 Å². The lowest BCUT2D eigenvalue weighted by atomic mass is 9.97. The van der Waals surface area contributed by atoms with Crippen LogP contribution in [-0.2, 0) is 0 Å². The molecule has 0 bridgehead atoms. The minimum atomic E-state index is 0.291. The molecule has 0 aromatic rings. The summed E-state index contributed by atoms with van der Waals surface area (Å²) in [4.78, 5) is 2.68. The van der Waals surface area contributed by atoms with Gasteiger partial charge >= 0.3 is 0 Å². The third-order valence-electron chi connectivity index (χ3n) is 3.93. The standard InChI is InChI=1S/C15H32N2/c1-5-7-9-14(6-2)12-17-11-8-10-16-15(3,4)13-17/h14,16H,5-13H2,1-4H3. The Morgan fingerprint density at radius 3 is 2.71 bits per heavy atom. The molecule has 1 aliphatic rings. The number of hydrogen-bond acceptors (Lipinski definition) is 2. The van der Waals surface area contributed by atoms with E-state index >= 15 is 0 Å². The maximum atomic E-state index is 3.64. The van der Waals surface area contributed by atoms with E-state index in [4.69, 9.17) is 0 Å². The van der Waals surface area contributed by atoms with Crippen molar-refractivity contribution < 1.29 is 0 Å². The van der Waals surface area contributed by atoms with E-state index in [1.165, 1.54) is 58.3 Å². The summed E-state index contributed by atoms with van der Waals surface area (Å²) in [5, 5.41) is 3.64. The molecule has 0 radical (unpaired) electrons. The topological polar surface area (TPSA) is 15.3 Å². The second-order valence-electron chi connectivity index (χ2n) is 6.32. The van der Waals surface area contributed by atoms with Crippen molar-refractivity contribution in [1.29, 1.82) is 0 Å². The summed E-state index contributed by atoms with van der Waals surface area (Å²) in [6.07, 6.45) is 6.78. The second-order valence-corrected chi connectivity index (χ2v) is 6.32. The highest BCUT2D eigenvalue weighted by molar-refractivity contribution is 4.85. The van der Waals surface area contributed by atoms with E-state index in [2.05, 4.69) is 37.9 Å². The molecule has 1 aliphatic heterocycles. The highest BCUT2D eigenvalue weighted by Gasteiger charge is 2.24. The van der Waals surface area contributed by atoms with E-state index in [0.717, 1.165) is 5.92 Å². The molecule has 0 aliphatic carbocycles. The first-order valence-corrected chi connectivity index (χ1v) is 7.54. The maximum Gasteiger partial charge on any atom is 0.0252 e. The Balaban J connectivity index is 2.41. The third-order valence-corrected chi connectivity index (χ3v) is 3.93. The summed E-state index contributed by atoms with van der Waals surface area (Å²) in [5.41, 5.74) is 0.291. The van der Waals surface area contributed by atoms with Gasteiger partial charge in [0, 0.05) is 18.6 Å². The van der Waals surface area contributed by atoms with Gasteiger partial charge in [0.15, 0.2) is 0 Å². The van der Waals surface area contributed by atoms with Crippen molar-refractivity contribution in [3.05, 3.63) is 0 Å². The van der Waals surface area contributed by atoms with Crippen LogP contribution in [0.3, 0.4) is 0 Å². The fourth-order valence-corrected chi connectivity index (χ4v) is 2.86. The highest BCUT2D eigenvalue weighted by atomic mass is 15.2. The Bertz CT molecular complexity index is 201. The molecule has 0 aromatic heterocycles. The average Bonchev–Trinajstić information content (AvgIpc) is 2.45. The van der Waals surface area contributed by atoms with Crippen LogP contribution < -0.4 is 5.32 Å². The summed E-state index contributed by atoms with van der Waals surface area (Å²) in [7, 11) is 0. The van der Waals surface area contributed by atoms with Gasteiger partial charge < -0.3 is 10.2 Å². The van der Waals surface area contributed by atoms with E-state index in [1.54, 1.807) is 0 Å². The van der Waals surface area contributed by atoms with Gasteiger partial charge in [0.1, 0.15) is 0 Å². The predicted octanol–water partition coefficient (Wildman–Crippen LogP) is 3.28. The lowest BCUT2D eigenvalue weighted by molar-refractivity contribution is 0.191. The summed E-state index contributed by atoms with van der Waals surface area (Å²) in [5.74, 6) is 0.906. The Morgan fingerprint density at radius 2 is 2.06 bits per heavy atom. The van der Waals surface area contributed by atoms with Gasteiger partial charge in [-0.1, -0.05) is 33.1 Å². The molecule has 1 unspecified atom stereocenters. The molecule has 1 heterocycles. The van der Waals surface area contributed by atoms with Crippen molar-refractivity contribution in [2.24, 2.45) is 5.92 Å². The first-order valence-electron chi connectivity index (χ1n) is 7.54. The minimum Gasteiger partial charge on any atom is -0.310 e. The predicted molar refractivity (Wildman–Crippen MR) is 76.4 cm³/mol. The summed E-state index contributed by atoms with van der Waals surface area (Å²) in [6, 6.07) is 0. The Morgan fingerprint density at radius 1 is 1.29 bits per heavy atom. The quantitative estimate of drug-likeness (QED) is 0.766. The van der Waals surface area contributed by atoms with Crippen LogP contribution in [-0.4, -0.2) is 36.6 Å². The molecular formula is C15H32N2. The van der Waals surface area contributed by atoms with Gasteiger partial charge in [0.2, 0.25) is 0 Å². The molecule has 1 atom stereocenters. The molecule has 0 saturated carbocycles. The van der Waals surface area contributed by atoms with Gasteiger partial charge in [-0.15, -0.1) is 0 Å². The zero-order chi connectivity index (χ0) is 12.7. The van der Waals surface area contributed by atoms with Gasteiger partial charge in [-0.2, -0.15) is 0 Å². The highest BCUT2D eigenvalue weighted by Crippen LogP contribution is 2.17. The Hall–Kier alpha value is -0.0800. The normalized spacial score (nSPS) is 23.3. The lowest BCUT2D eigenvalue weighted by Crippen LogP contribution is -2.47. The Kier molecular flexibility index (Phi) is 6.50. The first-order chi connectivity index (χ1) is 8.07. The van der Waals surface area contributed by atoms with E-state index in [9.17, 15) is 0 Å². The van der Waals surface area contributed by atoms with Crippen LogP contribution >= 0.6 is 0 Å². The SMILES string of the molecule is CCCCC(CC)CN1CCCNC(C)(C)C1. The molecular weight excluding hydrogens is 208 g/mol. The van der Waals surface area contributed by atoms with E-state index < -0.39 is 0 Å². The molecule has 0 amide bonds. The van der Waals surface area contributed by atoms with Crippen LogP contribution in [0, 0.1) is 5.92 Å². The zero-order valence-corrected chi connectivity index (χ0v) is 12.4. The molecule has 1 saturated heterocycles. The number of nitrogens with one attached hydrogen (secondary N) is 1. The number of unbranched alkanes of at least 4 members (excludes halogenated alkanes) is 1. The van der Waals surface area contributed by atoms with Gasteiger partial charge in [-0.05, 0) is 45.7 Å². The molecule has 1 rings (SSSR count). The van der Waals surface area contributed by atoms with E-state index in [0.29, 0.717) is 5.54 Å². The van der Waals surface area contributed by atoms with Crippen molar-refractivity contribution in [3.63, 3.8) is 0 Å². The average molecular weight is 240 g/mol. The van der Waals surface area contributed by atoms with Gasteiger partial charge in [0.25, 0.3) is 0 Å². The van der Waals surface area contributed by atoms with Crippen LogP contribution in [0.15, 0.2) is 0 Å². The number of nitrogens with zero attached hydrogens (tertiary/aromatic N) is 1. The van der Waals surface area contributed by atoms with Crippen LogP contribution in [0.25, 0.3) is 0 Å². The van der Waals surface area contributed by atoms with Crippen molar-refractivity contribution in [3.8, 4) is 0 Å². The molecule has 0 spiro atoms. The Labute approximate surface area is 108 Å². The lowest BCUT2D eigenvalue weighted by Gasteiger charge is -2.32. The monoisotopic (exact) mass is 240 g/mol. The molecule has 1 fully saturated rings. The largest absolute Gasteiger partial charge is 0.310 e. The molecule has 0 aromatic carbocycles. The van der Waals surface area contributed by atoms with Crippen molar-refractivity contribution in [1.82, 2.24) is 10.2 Å². The fourth-order valence-electron chi connectivity index (χ4n) is 2.86. The van der Waals surface area contributed by atoms with Crippen LogP contribution in [0.5, 0.6) is 0 Å². The molecule has 102 valence electrons. The van der Waals surface area contributed by atoms with Gasteiger partial charge in [-0.25, -0.2) is 0 Å². The fraction of sp³-hybridized carbons (Fsp3) is 1.00. The van der Waals surface area contributed by atoms with Crippen LogP contribution in [0.1, 0.15) is 59.8 Å². The minimum absolute atomic E-state index is 0.291. The molecule has 2 nitrogen and oxygen atoms in total. The smallest absolute Gasteiger partial charge is 0.0252 e. The van der Waals surface area contributed by atoms with Crippen molar-refractivity contribution >= 4 is 0 Å². The van der Waals surface area contributed by atoms with Crippen molar-refractivity contribution in [2.45, 2.75) is 65.3 Å². The van der Waals surface area contributed by atoms with Crippen LogP contribution in [0.2, 0.25) is 0 Å². The summed E-state index contributed by atoms with van der Waals surface area (Å²) < 4.78 is 0. The summed E-state index contributed by atoms with van der Waals surface area (Å²) >= 11 is 0. The molecule has 2 heteroatoms.